The van der Waals surface area contributed by atoms with Crippen LogP contribution < -0.4 is 10.1 Å². The summed E-state index contributed by atoms with van der Waals surface area (Å²) in [4.78, 5) is 11.3. The zero-order valence-corrected chi connectivity index (χ0v) is 9.21. The van der Waals surface area contributed by atoms with E-state index in [-0.39, 0.29) is 12.4 Å². The molecule has 0 saturated heterocycles. The number of benzene rings is 1. The van der Waals surface area contributed by atoms with E-state index in [0.29, 0.717) is 6.42 Å². The van der Waals surface area contributed by atoms with Crippen molar-refractivity contribution in [2.45, 2.75) is 19.3 Å². The van der Waals surface area contributed by atoms with Gasteiger partial charge in [-0.3, -0.25) is 4.79 Å². The second kappa shape index (κ2) is 3.91. The predicted octanol–water partition coefficient (Wildman–Crippen LogP) is 0.879. The van der Waals surface area contributed by atoms with Gasteiger partial charge < -0.3 is 10.1 Å². The topological polar surface area (TPSA) is 38.3 Å². The Balaban J connectivity index is 2.02. The molecule has 0 amide bonds. The number of carbonyl (C=O) groups is 1. The minimum Gasteiger partial charge on any atom is -0.486 e. The maximum absolute atomic E-state index is 11.3. The molecule has 3 nitrogen and oxygen atoms in total. The maximum Gasteiger partial charge on any atom is 0.174 e. The zero-order valence-electron chi connectivity index (χ0n) is 9.21. The molecule has 0 unspecified atom stereocenters. The van der Waals surface area contributed by atoms with Gasteiger partial charge in [0.1, 0.15) is 12.4 Å². The standard InChI is InChI=1S/C13H15NO2/c15-12-6-11-5-9-1-3-14-4-2-10(9)7-13(11)16-8-12/h5,7,14H,1-4,6,8H2. The van der Waals surface area contributed by atoms with Crippen LogP contribution in [0.3, 0.4) is 0 Å². The summed E-state index contributed by atoms with van der Waals surface area (Å²) in [6, 6.07) is 4.29. The SMILES string of the molecule is O=C1COc2cc3c(cc2C1)CCNCC3. The van der Waals surface area contributed by atoms with Crippen LogP contribution in [0.1, 0.15) is 16.7 Å². The summed E-state index contributed by atoms with van der Waals surface area (Å²) in [6.45, 7) is 2.30. The Morgan fingerprint density at radius 1 is 1.06 bits per heavy atom. The predicted molar refractivity (Wildman–Crippen MR) is 60.9 cm³/mol. The Labute approximate surface area is 94.8 Å². The Morgan fingerprint density at radius 2 is 1.81 bits per heavy atom. The first-order chi connectivity index (χ1) is 7.83. The molecule has 1 aromatic rings. The summed E-state index contributed by atoms with van der Waals surface area (Å²) < 4.78 is 5.47. The lowest BCUT2D eigenvalue weighted by atomic mass is 9.96. The lowest BCUT2D eigenvalue weighted by molar-refractivity contribution is -0.121. The lowest BCUT2D eigenvalue weighted by Gasteiger charge is -2.19. The van der Waals surface area contributed by atoms with Crippen LogP contribution >= 0.6 is 0 Å². The van der Waals surface area contributed by atoms with E-state index in [2.05, 4.69) is 17.4 Å². The average molecular weight is 217 g/mol. The van der Waals surface area contributed by atoms with E-state index < -0.39 is 0 Å². The number of rotatable bonds is 0. The average Bonchev–Trinajstić information content (AvgIpc) is 2.50. The summed E-state index contributed by atoms with van der Waals surface area (Å²) >= 11 is 0. The van der Waals surface area contributed by atoms with Gasteiger partial charge in [0.15, 0.2) is 5.78 Å². The molecule has 0 fully saturated rings. The number of ketones is 1. The largest absolute Gasteiger partial charge is 0.486 e. The number of hydrogen-bond donors (Lipinski definition) is 1. The molecule has 0 radical (unpaired) electrons. The highest BCUT2D eigenvalue weighted by molar-refractivity contribution is 5.84. The van der Waals surface area contributed by atoms with Crippen molar-refractivity contribution in [1.29, 1.82) is 0 Å². The molecule has 0 atom stereocenters. The van der Waals surface area contributed by atoms with Crippen LogP contribution in [0, 0.1) is 0 Å². The quantitative estimate of drug-likeness (QED) is 0.701. The number of carbonyl (C=O) groups excluding carboxylic acids is 1. The van der Waals surface area contributed by atoms with Crippen molar-refractivity contribution in [3.63, 3.8) is 0 Å². The van der Waals surface area contributed by atoms with Crippen LogP contribution in [0.5, 0.6) is 5.75 Å². The third-order valence-electron chi connectivity index (χ3n) is 3.30. The molecule has 0 aromatic heterocycles. The van der Waals surface area contributed by atoms with Gasteiger partial charge >= 0.3 is 0 Å². The molecule has 84 valence electrons. The number of hydrogen-bond acceptors (Lipinski definition) is 3. The van der Waals surface area contributed by atoms with Gasteiger partial charge in [-0.25, -0.2) is 0 Å². The van der Waals surface area contributed by atoms with Gasteiger partial charge in [0.05, 0.1) is 0 Å². The van der Waals surface area contributed by atoms with Crippen molar-refractivity contribution in [2.75, 3.05) is 19.7 Å². The second-order valence-corrected chi connectivity index (χ2v) is 4.48. The molecule has 1 aromatic carbocycles. The molecular formula is C13H15NO2. The van der Waals surface area contributed by atoms with Crippen molar-refractivity contribution in [1.82, 2.24) is 5.32 Å². The second-order valence-electron chi connectivity index (χ2n) is 4.48. The highest BCUT2D eigenvalue weighted by Gasteiger charge is 2.19. The molecular weight excluding hydrogens is 202 g/mol. The van der Waals surface area contributed by atoms with E-state index >= 15 is 0 Å². The van der Waals surface area contributed by atoms with Crippen molar-refractivity contribution in [3.05, 3.63) is 28.8 Å². The molecule has 3 heteroatoms. The van der Waals surface area contributed by atoms with Gasteiger partial charge in [-0.2, -0.15) is 0 Å². The van der Waals surface area contributed by atoms with Gasteiger partial charge in [0.2, 0.25) is 0 Å². The van der Waals surface area contributed by atoms with E-state index in [9.17, 15) is 4.79 Å². The smallest absolute Gasteiger partial charge is 0.174 e. The third kappa shape index (κ3) is 1.71. The van der Waals surface area contributed by atoms with Crippen LogP contribution in [-0.4, -0.2) is 25.5 Å². The van der Waals surface area contributed by atoms with Crippen LogP contribution in [-0.2, 0) is 24.1 Å². The fourth-order valence-corrected chi connectivity index (χ4v) is 2.45. The highest BCUT2D eigenvalue weighted by Crippen LogP contribution is 2.28. The molecule has 3 rings (SSSR count). The van der Waals surface area contributed by atoms with Crippen molar-refractivity contribution < 1.29 is 9.53 Å². The maximum atomic E-state index is 11.3. The van der Waals surface area contributed by atoms with Gasteiger partial charge in [-0.05, 0) is 43.1 Å². The van der Waals surface area contributed by atoms with Crippen LogP contribution in [0.25, 0.3) is 0 Å². The van der Waals surface area contributed by atoms with Crippen molar-refractivity contribution in [3.8, 4) is 5.75 Å². The Morgan fingerprint density at radius 3 is 2.62 bits per heavy atom. The number of nitrogens with one attached hydrogen (secondary N) is 1. The minimum absolute atomic E-state index is 0.180. The molecule has 1 N–H and O–H groups in total. The zero-order chi connectivity index (χ0) is 11.0. The molecule has 0 aliphatic carbocycles. The van der Waals surface area contributed by atoms with Crippen LogP contribution in [0.2, 0.25) is 0 Å². The van der Waals surface area contributed by atoms with E-state index in [4.69, 9.17) is 4.74 Å². The number of fused-ring (bicyclic) bond motifs is 2. The summed E-state index contributed by atoms with van der Waals surface area (Å²) in [7, 11) is 0. The van der Waals surface area contributed by atoms with Gasteiger partial charge in [0.25, 0.3) is 0 Å². The van der Waals surface area contributed by atoms with E-state index in [0.717, 1.165) is 37.2 Å². The summed E-state index contributed by atoms with van der Waals surface area (Å²) in [5.74, 6) is 1.10. The number of ether oxygens (including phenoxy) is 1. The highest BCUT2D eigenvalue weighted by atomic mass is 16.5. The van der Waals surface area contributed by atoms with Crippen LogP contribution in [0.4, 0.5) is 0 Å². The van der Waals surface area contributed by atoms with Gasteiger partial charge in [0, 0.05) is 12.0 Å². The Kier molecular flexibility index (Phi) is 2.40. The Bertz CT molecular complexity index is 440. The normalized spacial score (nSPS) is 19.4. The minimum atomic E-state index is 0.180. The Hall–Kier alpha value is -1.35. The van der Waals surface area contributed by atoms with Gasteiger partial charge in [-0.1, -0.05) is 6.07 Å². The molecule has 0 spiro atoms. The van der Waals surface area contributed by atoms with E-state index in [1.165, 1.54) is 11.1 Å². The first-order valence-electron chi connectivity index (χ1n) is 5.83. The first kappa shape index (κ1) is 9.85. The molecule has 2 aliphatic heterocycles. The van der Waals surface area contributed by atoms with Crippen molar-refractivity contribution >= 4 is 5.78 Å². The van der Waals surface area contributed by atoms with Crippen molar-refractivity contribution in [2.24, 2.45) is 0 Å². The fourth-order valence-electron chi connectivity index (χ4n) is 2.45. The monoisotopic (exact) mass is 217 g/mol. The summed E-state index contributed by atoms with van der Waals surface area (Å²) in [5, 5.41) is 3.39. The summed E-state index contributed by atoms with van der Waals surface area (Å²) in [6.07, 6.45) is 2.65. The molecule has 2 aliphatic rings. The van der Waals surface area contributed by atoms with E-state index in [1.54, 1.807) is 0 Å². The first-order valence-corrected chi connectivity index (χ1v) is 5.83. The molecule has 2 heterocycles. The van der Waals surface area contributed by atoms with Gasteiger partial charge in [-0.15, -0.1) is 0 Å². The molecule has 0 bridgehead atoms. The molecule has 16 heavy (non-hydrogen) atoms. The fraction of sp³-hybridized carbons (Fsp3) is 0.462. The summed E-state index contributed by atoms with van der Waals surface area (Å²) in [5.41, 5.74) is 3.82. The van der Waals surface area contributed by atoms with E-state index in [1.807, 2.05) is 0 Å². The molecule has 0 saturated carbocycles. The lowest BCUT2D eigenvalue weighted by Crippen LogP contribution is -2.20. The number of Topliss-reactive ketones (excluding diaryl/α,β-unsaturated/α-hetero) is 1. The van der Waals surface area contributed by atoms with Crippen LogP contribution in [0.15, 0.2) is 12.1 Å². The third-order valence-corrected chi connectivity index (χ3v) is 3.30.